The largest absolute Gasteiger partial charge is 0.369 e. The predicted octanol–water partition coefficient (Wildman–Crippen LogP) is 1.64. The number of aromatic amines is 1. The van der Waals surface area contributed by atoms with E-state index in [1.807, 2.05) is 0 Å². The Morgan fingerprint density at radius 1 is 1.13 bits per heavy atom. The summed E-state index contributed by atoms with van der Waals surface area (Å²) in [5, 5.41) is 10.8. The summed E-state index contributed by atoms with van der Waals surface area (Å²) in [6.45, 7) is 0. The van der Waals surface area contributed by atoms with E-state index in [1.54, 1.807) is 32.6 Å². The molecule has 0 bridgehead atoms. The highest BCUT2D eigenvalue weighted by atomic mass is 32.2. The Morgan fingerprint density at radius 3 is 2.50 bits per heavy atom. The minimum absolute atomic E-state index is 0.0632. The van der Waals surface area contributed by atoms with Gasteiger partial charge in [0.15, 0.2) is 9.84 Å². The SMILES string of the molecule is CN1C(=O)C2(CCC2)Nc2c(-c3cn(C)c(=O)c4[nH]ncc34)cc(S(C)(=O)=O)cc21. The normalized spacial score (nSPS) is 17.7. The number of aromatic nitrogens is 3. The van der Waals surface area contributed by atoms with Crippen LogP contribution in [-0.4, -0.2) is 47.9 Å². The molecule has 1 fully saturated rings. The van der Waals surface area contributed by atoms with Crippen molar-refractivity contribution < 1.29 is 13.2 Å². The summed E-state index contributed by atoms with van der Waals surface area (Å²) in [4.78, 5) is 27.1. The highest BCUT2D eigenvalue weighted by molar-refractivity contribution is 7.90. The van der Waals surface area contributed by atoms with Gasteiger partial charge in [-0.3, -0.25) is 14.7 Å². The number of likely N-dealkylation sites (N-methyl/N-ethyl adjacent to an activating group) is 1. The topological polar surface area (TPSA) is 117 Å². The molecule has 9 nitrogen and oxygen atoms in total. The first kappa shape index (κ1) is 18.9. The first-order chi connectivity index (χ1) is 14.1. The lowest BCUT2D eigenvalue weighted by Crippen LogP contribution is -2.60. The molecule has 10 heteroatoms. The number of pyridine rings is 1. The van der Waals surface area contributed by atoms with E-state index < -0.39 is 15.4 Å². The van der Waals surface area contributed by atoms with Gasteiger partial charge in [0, 0.05) is 43.1 Å². The standard InChI is InChI=1S/C20H21N5O4S/c1-24-10-14(13-9-21-23-17(13)18(24)26)12-7-11(30(3,28)29)8-15-16(12)22-20(5-4-6-20)19(27)25(15)2/h7-10,22H,4-6H2,1-3H3,(H,21,23). The number of H-pyrrole nitrogens is 1. The van der Waals surface area contributed by atoms with Crippen molar-refractivity contribution in [1.29, 1.82) is 0 Å². The average molecular weight is 427 g/mol. The number of carbonyl (C=O) groups is 1. The fraction of sp³-hybridized carbons (Fsp3) is 0.350. The lowest BCUT2D eigenvalue weighted by Gasteiger charge is -2.48. The van der Waals surface area contributed by atoms with Crippen molar-refractivity contribution in [2.45, 2.75) is 29.7 Å². The van der Waals surface area contributed by atoms with E-state index in [1.165, 1.54) is 15.5 Å². The van der Waals surface area contributed by atoms with Crippen LogP contribution in [0.5, 0.6) is 0 Å². The van der Waals surface area contributed by atoms with Crippen LogP contribution in [0.4, 0.5) is 11.4 Å². The van der Waals surface area contributed by atoms with Crippen LogP contribution < -0.4 is 15.8 Å². The van der Waals surface area contributed by atoms with Crippen molar-refractivity contribution in [2.24, 2.45) is 7.05 Å². The molecule has 1 amide bonds. The highest BCUT2D eigenvalue weighted by Gasteiger charge is 2.50. The predicted molar refractivity (Wildman–Crippen MR) is 113 cm³/mol. The van der Waals surface area contributed by atoms with Gasteiger partial charge in [-0.15, -0.1) is 0 Å². The summed E-state index contributed by atoms with van der Waals surface area (Å²) in [6.07, 6.45) is 6.76. The van der Waals surface area contributed by atoms with Gasteiger partial charge < -0.3 is 14.8 Å². The number of anilines is 2. The molecule has 156 valence electrons. The van der Waals surface area contributed by atoms with E-state index in [0.717, 1.165) is 25.5 Å². The second kappa shape index (κ2) is 5.94. The third-order valence-corrected chi connectivity index (χ3v) is 7.33. The summed E-state index contributed by atoms with van der Waals surface area (Å²) in [7, 11) is -0.237. The maximum Gasteiger partial charge on any atom is 0.276 e. The Bertz CT molecular complexity index is 1400. The smallest absolute Gasteiger partial charge is 0.276 e. The quantitative estimate of drug-likeness (QED) is 0.642. The molecule has 2 aromatic heterocycles. The minimum atomic E-state index is -3.54. The molecule has 1 aliphatic heterocycles. The number of fused-ring (bicyclic) bond motifs is 2. The third-order valence-electron chi connectivity index (χ3n) is 6.24. The molecule has 1 aromatic carbocycles. The molecule has 1 saturated carbocycles. The van der Waals surface area contributed by atoms with E-state index in [-0.39, 0.29) is 16.4 Å². The van der Waals surface area contributed by atoms with E-state index in [2.05, 4.69) is 15.5 Å². The van der Waals surface area contributed by atoms with Gasteiger partial charge in [-0.25, -0.2) is 8.42 Å². The zero-order chi connectivity index (χ0) is 21.4. The molecule has 3 heterocycles. The lowest BCUT2D eigenvalue weighted by atomic mass is 9.74. The van der Waals surface area contributed by atoms with Crippen LogP contribution in [0.15, 0.2) is 34.2 Å². The Hall–Kier alpha value is -3.14. The van der Waals surface area contributed by atoms with Crippen molar-refractivity contribution in [3.05, 3.63) is 34.9 Å². The number of hydrogen-bond donors (Lipinski definition) is 2. The van der Waals surface area contributed by atoms with E-state index >= 15 is 0 Å². The summed E-state index contributed by atoms with van der Waals surface area (Å²) >= 11 is 0. The minimum Gasteiger partial charge on any atom is -0.369 e. The molecule has 30 heavy (non-hydrogen) atoms. The van der Waals surface area contributed by atoms with Crippen LogP contribution in [-0.2, 0) is 21.7 Å². The number of amides is 1. The van der Waals surface area contributed by atoms with Gasteiger partial charge in [0.05, 0.1) is 22.5 Å². The van der Waals surface area contributed by atoms with Crippen LogP contribution >= 0.6 is 0 Å². The number of rotatable bonds is 2. The van der Waals surface area contributed by atoms with E-state index in [9.17, 15) is 18.0 Å². The molecular weight excluding hydrogens is 406 g/mol. The number of hydrogen-bond acceptors (Lipinski definition) is 6. The zero-order valence-corrected chi connectivity index (χ0v) is 17.6. The maximum atomic E-state index is 13.0. The van der Waals surface area contributed by atoms with Crippen molar-refractivity contribution in [1.82, 2.24) is 14.8 Å². The molecule has 1 spiro atoms. The summed E-state index contributed by atoms with van der Waals surface area (Å²) < 4.78 is 26.3. The van der Waals surface area contributed by atoms with Gasteiger partial charge in [-0.05, 0) is 31.4 Å². The Labute approximate surface area is 172 Å². The highest BCUT2D eigenvalue weighted by Crippen LogP contribution is 2.49. The van der Waals surface area contributed by atoms with Crippen LogP contribution in [0.2, 0.25) is 0 Å². The van der Waals surface area contributed by atoms with Crippen LogP contribution in [0, 0.1) is 0 Å². The van der Waals surface area contributed by atoms with Crippen LogP contribution in [0.1, 0.15) is 19.3 Å². The van der Waals surface area contributed by atoms with Crippen molar-refractivity contribution in [2.75, 3.05) is 23.5 Å². The Morgan fingerprint density at radius 2 is 1.87 bits per heavy atom. The van der Waals surface area contributed by atoms with Gasteiger partial charge >= 0.3 is 0 Å². The number of carbonyl (C=O) groups excluding carboxylic acids is 1. The fourth-order valence-corrected chi connectivity index (χ4v) is 5.04. The van der Waals surface area contributed by atoms with Crippen LogP contribution in [0.3, 0.4) is 0 Å². The summed E-state index contributed by atoms with van der Waals surface area (Å²) in [5.74, 6) is -0.0632. The third kappa shape index (κ3) is 2.46. The molecule has 3 aromatic rings. The van der Waals surface area contributed by atoms with E-state index in [4.69, 9.17) is 0 Å². The second-order valence-corrected chi connectivity index (χ2v) is 10.2. The van der Waals surface area contributed by atoms with Crippen molar-refractivity contribution in [3.63, 3.8) is 0 Å². The van der Waals surface area contributed by atoms with E-state index in [0.29, 0.717) is 33.4 Å². The monoisotopic (exact) mass is 427 g/mol. The molecular formula is C20H21N5O4S. The summed E-state index contributed by atoms with van der Waals surface area (Å²) in [5.41, 5.74) is 1.90. The molecule has 0 atom stereocenters. The van der Waals surface area contributed by atoms with Crippen LogP contribution in [0.25, 0.3) is 22.0 Å². The van der Waals surface area contributed by atoms with Gasteiger partial charge in [-0.1, -0.05) is 0 Å². The first-order valence-corrected chi connectivity index (χ1v) is 11.5. The number of benzene rings is 1. The van der Waals surface area contributed by atoms with Crippen molar-refractivity contribution >= 4 is 38.0 Å². The lowest BCUT2D eigenvalue weighted by molar-refractivity contribution is -0.125. The maximum absolute atomic E-state index is 13.0. The zero-order valence-electron chi connectivity index (χ0n) is 16.8. The number of nitrogens with zero attached hydrogens (tertiary/aromatic N) is 3. The number of aryl methyl sites for hydroxylation is 1. The number of sulfone groups is 1. The van der Waals surface area contributed by atoms with Gasteiger partial charge in [0.1, 0.15) is 11.1 Å². The molecule has 1 aliphatic carbocycles. The number of nitrogens with one attached hydrogen (secondary N) is 2. The van der Waals surface area contributed by atoms with Gasteiger partial charge in [0.2, 0.25) is 0 Å². The Kier molecular flexibility index (Phi) is 3.74. The fourth-order valence-electron chi connectivity index (χ4n) is 4.38. The Balaban J connectivity index is 1.88. The molecule has 2 aliphatic rings. The second-order valence-electron chi connectivity index (χ2n) is 8.18. The first-order valence-electron chi connectivity index (χ1n) is 9.60. The molecule has 0 unspecified atom stereocenters. The average Bonchev–Trinajstić information content (AvgIpc) is 3.15. The molecule has 2 N–H and O–H groups in total. The molecule has 0 saturated heterocycles. The van der Waals surface area contributed by atoms with Gasteiger partial charge in [0.25, 0.3) is 11.5 Å². The van der Waals surface area contributed by atoms with Crippen molar-refractivity contribution in [3.8, 4) is 11.1 Å². The van der Waals surface area contributed by atoms with Gasteiger partial charge in [-0.2, -0.15) is 5.10 Å². The molecule has 0 radical (unpaired) electrons. The summed E-state index contributed by atoms with van der Waals surface area (Å²) in [6, 6.07) is 3.13. The molecule has 5 rings (SSSR count).